The number of hydrogen-bond donors (Lipinski definition) is 2. The van der Waals surface area contributed by atoms with Gasteiger partial charge in [-0.1, -0.05) is 30.3 Å². The van der Waals surface area contributed by atoms with Crippen molar-refractivity contribution in [2.24, 2.45) is 0 Å². The number of carbonyl (C=O) groups is 2. The lowest BCUT2D eigenvalue weighted by Crippen LogP contribution is -2.46. The Kier molecular flexibility index (Phi) is 6.13. The molecule has 0 saturated carbocycles. The monoisotopic (exact) mass is 336 g/mol. The molecular formula is C19H20N4O2. The number of rotatable bonds is 5. The fraction of sp³-hybridized carbons (Fsp3) is 0.211. The second-order valence-electron chi connectivity index (χ2n) is 5.69. The summed E-state index contributed by atoms with van der Waals surface area (Å²) in [6.07, 6.45) is 0. The molecule has 0 radical (unpaired) electrons. The maximum absolute atomic E-state index is 12.4. The molecule has 6 nitrogen and oxygen atoms in total. The maximum atomic E-state index is 12.4. The van der Waals surface area contributed by atoms with Crippen LogP contribution in [0.2, 0.25) is 0 Å². The molecule has 25 heavy (non-hydrogen) atoms. The Bertz CT molecular complexity index is 766. The summed E-state index contributed by atoms with van der Waals surface area (Å²) in [6, 6.07) is 17.0. The van der Waals surface area contributed by atoms with E-state index in [0.717, 1.165) is 5.56 Å². The number of benzene rings is 2. The first-order valence-corrected chi connectivity index (χ1v) is 7.86. The number of likely N-dealkylation sites (N-methyl/N-ethyl adjacent to an activating group) is 1. The average molecular weight is 336 g/mol. The maximum Gasteiger partial charge on any atom is 0.319 e. The number of para-hydroxylation sites is 1. The van der Waals surface area contributed by atoms with Crippen LogP contribution in [0.5, 0.6) is 0 Å². The van der Waals surface area contributed by atoms with Crippen molar-refractivity contribution >= 4 is 17.6 Å². The topological polar surface area (TPSA) is 85.2 Å². The Labute approximate surface area is 147 Å². The van der Waals surface area contributed by atoms with Crippen LogP contribution in [-0.4, -0.2) is 29.9 Å². The zero-order valence-electron chi connectivity index (χ0n) is 14.2. The molecule has 3 amide bonds. The molecule has 0 unspecified atom stereocenters. The average Bonchev–Trinajstić information content (AvgIpc) is 2.62. The summed E-state index contributed by atoms with van der Waals surface area (Å²) in [5.74, 6) is -0.201. The second-order valence-corrected chi connectivity index (χ2v) is 5.69. The van der Waals surface area contributed by atoms with Crippen LogP contribution >= 0.6 is 0 Å². The summed E-state index contributed by atoms with van der Waals surface area (Å²) >= 11 is 0. The number of urea groups is 1. The van der Waals surface area contributed by atoms with Crippen molar-refractivity contribution in [3.05, 3.63) is 65.7 Å². The lowest BCUT2D eigenvalue weighted by Gasteiger charge is -2.22. The molecule has 2 rings (SSSR count). The van der Waals surface area contributed by atoms with Gasteiger partial charge in [-0.3, -0.25) is 4.79 Å². The Hall–Kier alpha value is -3.33. The van der Waals surface area contributed by atoms with Crippen molar-refractivity contribution in [2.75, 3.05) is 12.4 Å². The van der Waals surface area contributed by atoms with Gasteiger partial charge in [0.2, 0.25) is 5.91 Å². The summed E-state index contributed by atoms with van der Waals surface area (Å²) < 4.78 is 0. The van der Waals surface area contributed by atoms with E-state index < -0.39 is 12.1 Å². The van der Waals surface area contributed by atoms with E-state index in [9.17, 15) is 9.59 Å². The summed E-state index contributed by atoms with van der Waals surface area (Å²) in [7, 11) is 1.67. The zero-order chi connectivity index (χ0) is 18.2. The molecule has 0 aliphatic rings. The third-order valence-electron chi connectivity index (χ3n) is 3.63. The third-order valence-corrected chi connectivity index (χ3v) is 3.63. The van der Waals surface area contributed by atoms with Crippen LogP contribution in [-0.2, 0) is 11.3 Å². The summed E-state index contributed by atoms with van der Waals surface area (Å²) in [6.45, 7) is 2.04. The van der Waals surface area contributed by atoms with E-state index in [2.05, 4.69) is 16.7 Å². The predicted octanol–water partition coefficient (Wildman–Crippen LogP) is 2.73. The van der Waals surface area contributed by atoms with Gasteiger partial charge in [-0.25, -0.2) is 4.79 Å². The minimum atomic E-state index is -0.660. The second kappa shape index (κ2) is 8.50. The van der Waals surface area contributed by atoms with E-state index in [1.165, 1.54) is 4.90 Å². The van der Waals surface area contributed by atoms with Gasteiger partial charge in [0.15, 0.2) is 0 Å². The summed E-state index contributed by atoms with van der Waals surface area (Å²) in [5.41, 5.74) is 2.15. The largest absolute Gasteiger partial charge is 0.340 e. The predicted molar refractivity (Wildman–Crippen MR) is 95.7 cm³/mol. The quantitative estimate of drug-likeness (QED) is 0.880. The van der Waals surface area contributed by atoms with Gasteiger partial charge in [-0.2, -0.15) is 5.26 Å². The zero-order valence-corrected chi connectivity index (χ0v) is 14.2. The van der Waals surface area contributed by atoms with E-state index in [4.69, 9.17) is 5.26 Å². The van der Waals surface area contributed by atoms with Crippen LogP contribution < -0.4 is 10.6 Å². The third kappa shape index (κ3) is 5.36. The molecule has 0 bridgehead atoms. The highest BCUT2D eigenvalue weighted by Crippen LogP contribution is 2.08. The van der Waals surface area contributed by atoms with Gasteiger partial charge in [-0.05, 0) is 36.8 Å². The highest BCUT2D eigenvalue weighted by atomic mass is 16.2. The molecule has 0 aromatic heterocycles. The van der Waals surface area contributed by atoms with Gasteiger partial charge in [0, 0.05) is 19.3 Å². The van der Waals surface area contributed by atoms with Crippen LogP contribution in [0.15, 0.2) is 54.6 Å². The van der Waals surface area contributed by atoms with Crippen LogP contribution in [0.3, 0.4) is 0 Å². The summed E-state index contributed by atoms with van der Waals surface area (Å²) in [5, 5.41) is 14.1. The normalized spacial score (nSPS) is 11.1. The van der Waals surface area contributed by atoms with Crippen LogP contribution in [0.1, 0.15) is 18.1 Å². The molecule has 0 saturated heterocycles. The number of nitrogens with zero attached hydrogens (tertiary/aromatic N) is 2. The van der Waals surface area contributed by atoms with Crippen molar-refractivity contribution in [2.45, 2.75) is 19.5 Å². The highest BCUT2D eigenvalue weighted by Gasteiger charge is 2.19. The van der Waals surface area contributed by atoms with Gasteiger partial charge < -0.3 is 15.5 Å². The molecule has 2 N–H and O–H groups in total. The molecule has 0 aliphatic carbocycles. The lowest BCUT2D eigenvalue weighted by atomic mass is 10.1. The van der Waals surface area contributed by atoms with E-state index in [-0.39, 0.29) is 5.91 Å². The number of carbonyl (C=O) groups excluding carboxylic acids is 2. The first-order chi connectivity index (χ1) is 12.0. The van der Waals surface area contributed by atoms with Gasteiger partial charge in [0.25, 0.3) is 0 Å². The van der Waals surface area contributed by atoms with E-state index in [0.29, 0.717) is 17.8 Å². The molecule has 2 aromatic rings. The fourth-order valence-corrected chi connectivity index (χ4v) is 2.31. The van der Waals surface area contributed by atoms with Crippen molar-refractivity contribution in [3.8, 4) is 6.07 Å². The first-order valence-electron chi connectivity index (χ1n) is 7.86. The number of nitriles is 1. The molecule has 0 heterocycles. The molecule has 6 heteroatoms. The number of anilines is 1. The first kappa shape index (κ1) is 18.0. The molecule has 0 spiro atoms. The number of nitrogens with one attached hydrogen (secondary N) is 2. The highest BCUT2D eigenvalue weighted by molar-refractivity contribution is 5.93. The molecule has 0 fully saturated rings. The Morgan fingerprint density at radius 1 is 1.12 bits per heavy atom. The number of hydrogen-bond acceptors (Lipinski definition) is 3. The minimum Gasteiger partial charge on any atom is -0.340 e. The number of amides is 3. The van der Waals surface area contributed by atoms with E-state index >= 15 is 0 Å². The van der Waals surface area contributed by atoms with Gasteiger partial charge in [-0.15, -0.1) is 0 Å². The van der Waals surface area contributed by atoms with Crippen molar-refractivity contribution in [1.82, 2.24) is 10.2 Å². The molecule has 0 aliphatic heterocycles. The van der Waals surface area contributed by atoms with Gasteiger partial charge >= 0.3 is 6.03 Å². The van der Waals surface area contributed by atoms with E-state index in [1.54, 1.807) is 38.2 Å². The Balaban J connectivity index is 1.87. The van der Waals surface area contributed by atoms with Crippen molar-refractivity contribution in [1.29, 1.82) is 5.26 Å². The lowest BCUT2D eigenvalue weighted by molar-refractivity contribution is -0.131. The Morgan fingerprint density at radius 2 is 1.76 bits per heavy atom. The molecule has 128 valence electrons. The SMILES string of the molecule is C[C@H](NC(=O)Nc1ccccc1)C(=O)N(C)Cc1ccc(C#N)cc1. The van der Waals surface area contributed by atoms with Crippen LogP contribution in [0.4, 0.5) is 10.5 Å². The van der Waals surface area contributed by atoms with Crippen LogP contribution in [0.25, 0.3) is 0 Å². The van der Waals surface area contributed by atoms with Crippen molar-refractivity contribution in [3.63, 3.8) is 0 Å². The fourth-order valence-electron chi connectivity index (χ4n) is 2.31. The molecule has 1 atom stereocenters. The molecule has 2 aromatic carbocycles. The molecular weight excluding hydrogens is 316 g/mol. The Morgan fingerprint density at radius 3 is 2.36 bits per heavy atom. The van der Waals surface area contributed by atoms with Crippen LogP contribution in [0, 0.1) is 11.3 Å². The standard InChI is InChI=1S/C19H20N4O2/c1-14(21-19(25)22-17-6-4-3-5-7-17)18(24)23(2)13-16-10-8-15(12-20)9-11-16/h3-11,14H,13H2,1-2H3,(H2,21,22,25)/t14-/m0/s1. The van der Waals surface area contributed by atoms with Gasteiger partial charge in [0.05, 0.1) is 11.6 Å². The smallest absolute Gasteiger partial charge is 0.319 e. The van der Waals surface area contributed by atoms with E-state index in [1.807, 2.05) is 30.3 Å². The van der Waals surface area contributed by atoms with Gasteiger partial charge in [0.1, 0.15) is 6.04 Å². The summed E-state index contributed by atoms with van der Waals surface area (Å²) in [4.78, 5) is 25.9. The van der Waals surface area contributed by atoms with Crippen molar-refractivity contribution < 1.29 is 9.59 Å². The minimum absolute atomic E-state index is 0.201.